The molecule has 3 saturated heterocycles. The van der Waals surface area contributed by atoms with Gasteiger partial charge in [0.15, 0.2) is 0 Å². The van der Waals surface area contributed by atoms with Gasteiger partial charge in [-0.15, -0.1) is 0 Å². The first-order valence-electron chi connectivity index (χ1n) is 40.8. The molecule has 41 heteroatoms. The van der Waals surface area contributed by atoms with Gasteiger partial charge >= 0.3 is 0 Å². The Labute approximate surface area is 780 Å². The van der Waals surface area contributed by atoms with Gasteiger partial charge in [0.2, 0.25) is 29.7 Å². The van der Waals surface area contributed by atoms with Crippen molar-refractivity contribution in [3.8, 4) is 67.9 Å². The fourth-order valence-electron chi connectivity index (χ4n) is 15.1. The number of aromatic nitrogens is 9. The molecule has 0 saturated carbocycles. The van der Waals surface area contributed by atoms with Gasteiger partial charge in [-0.05, 0) is 89.9 Å². The van der Waals surface area contributed by atoms with Crippen molar-refractivity contribution in [2.24, 2.45) is 17.8 Å². The van der Waals surface area contributed by atoms with E-state index in [-0.39, 0.29) is 168 Å². The number of aryl methyl sites for hydroxylation is 3. The Morgan fingerprint density at radius 3 is 1.03 bits per heavy atom. The topological polar surface area (TPSA) is 406 Å². The lowest BCUT2D eigenvalue weighted by Gasteiger charge is -2.39. The van der Waals surface area contributed by atoms with Gasteiger partial charge in [0.25, 0.3) is 28.1 Å². The summed E-state index contributed by atoms with van der Waals surface area (Å²) in [5, 5.41) is 38.2. The average molecular weight is 1910 g/mol. The summed E-state index contributed by atoms with van der Waals surface area (Å²) in [4.78, 5) is 125. The lowest BCUT2D eigenvalue weighted by molar-refractivity contribution is -0.384. The number of fused-ring (bicyclic) bond motifs is 3. The van der Waals surface area contributed by atoms with Crippen molar-refractivity contribution < 1.29 is 47.9 Å². The van der Waals surface area contributed by atoms with Gasteiger partial charge in [-0.1, -0.05) is 118 Å². The fourth-order valence-corrected chi connectivity index (χ4v) is 17.2. The maximum Gasteiger partial charge on any atom is 0.293 e. The van der Waals surface area contributed by atoms with Crippen LogP contribution in [0.25, 0.3) is 66.5 Å². The second kappa shape index (κ2) is 41.4. The number of nitrogens with one attached hydrogen (secondary N) is 4. The van der Waals surface area contributed by atoms with Crippen LogP contribution in [0.15, 0.2) is 148 Å². The zero-order valence-corrected chi connectivity index (χ0v) is 77.9. The van der Waals surface area contributed by atoms with Crippen LogP contribution in [0.1, 0.15) is 16.7 Å². The van der Waals surface area contributed by atoms with E-state index in [0.717, 1.165) is 18.7 Å². The molecule has 6 aromatic carbocycles. The van der Waals surface area contributed by atoms with E-state index in [1.807, 2.05) is 63.1 Å². The number of hydrogen-bond acceptors (Lipinski definition) is 28. The maximum atomic E-state index is 14.3. The van der Waals surface area contributed by atoms with Crippen molar-refractivity contribution in [1.82, 2.24) is 68.5 Å². The lowest BCUT2D eigenvalue weighted by Crippen LogP contribution is -2.51. The molecule has 15 rings (SSSR count). The lowest BCUT2D eigenvalue weighted by atomic mass is 9.99. The summed E-state index contributed by atoms with van der Waals surface area (Å²) in [7, 11) is 16.5. The molecule has 6 N–H and O–H groups in total. The smallest absolute Gasteiger partial charge is 0.293 e. The van der Waals surface area contributed by atoms with Gasteiger partial charge in [-0.2, -0.15) is 15.0 Å². The van der Waals surface area contributed by atoms with Crippen LogP contribution in [-0.2, 0) is 29.2 Å². The quantitative estimate of drug-likeness (QED) is 0.0126. The van der Waals surface area contributed by atoms with Gasteiger partial charge in [0.1, 0.15) is 62.8 Å². The van der Waals surface area contributed by atoms with Gasteiger partial charge < -0.3 is 75.0 Å². The summed E-state index contributed by atoms with van der Waals surface area (Å²) in [6.07, 6.45) is 11.5. The Bertz CT molecular complexity index is 6630. The molecule has 12 aromatic rings. The standard InChI is InChI=1S/C32H33Cl2N7O6.C32H35Cl2N7O4.C26H24Cl2N6O5/c1-18-8-6-9-22(41(44)45)29(18)36-32-35-14-20-12-21(26-27(33)23(46-4)13-24(47-5)28(26)34)31(43)40(30(20)37-32)17-19-15-39(16-19)25(42)10-7-11-38(2)3;1-18-8-6-9-22(35)29(18)37-32-36-14-20-12-21(26-27(33)23(44-4)13-24(45-5)28(26)34)31(43)41(30(20)38-32)17-19-15-40(16-19)25(42)10-7-11-39(2)3;1-13-5-4-6-17(34(36)37)23(13)31-26-30-11-15-7-16(20-21(27)18(38-2)8-19(39-3)22(20)28)25(35)33(24(15)32-26)12-14-9-29-10-14/h6-10,12-14,19H,11,15-17H2,1-5H3,(H,35,36,37);6-10,12-14,19H,11,15-17,35H2,1-5H3,(H,36,37,38);4-8,11,14,29H,9-10,12H2,1-3H3,(H,30,31,32)/b2*10-7+;. The summed E-state index contributed by atoms with van der Waals surface area (Å²) >= 11 is 40.2. The highest BCUT2D eigenvalue weighted by Gasteiger charge is 2.36. The first-order valence-corrected chi connectivity index (χ1v) is 43.0. The van der Waals surface area contributed by atoms with E-state index in [4.69, 9.17) is 109 Å². The van der Waals surface area contributed by atoms with Crippen LogP contribution < -0.4 is 72.1 Å². The fraction of sp³-hybridized carbons (Fsp3) is 0.300. The largest absolute Gasteiger partial charge is 0.495 e. The highest BCUT2D eigenvalue weighted by atomic mass is 35.5. The second-order valence-corrected chi connectivity index (χ2v) is 33.9. The molecule has 2 amide bonds. The molecule has 35 nitrogen and oxygen atoms in total. The number of ether oxygens (including phenoxy) is 6. The molecule has 3 aliphatic heterocycles. The predicted molar refractivity (Wildman–Crippen MR) is 510 cm³/mol. The van der Waals surface area contributed by atoms with Crippen LogP contribution in [0.2, 0.25) is 30.1 Å². The number of pyridine rings is 3. The Balaban J connectivity index is 0.000000168. The maximum absolute atomic E-state index is 14.3. The summed E-state index contributed by atoms with van der Waals surface area (Å²) in [5.74, 6) is 2.19. The predicted octanol–water partition coefficient (Wildman–Crippen LogP) is 15.3. The number of nitrogen functional groups attached to an aromatic ring is 1. The van der Waals surface area contributed by atoms with Gasteiger partial charge in [-0.25, -0.2) is 15.0 Å². The Morgan fingerprint density at radius 2 is 0.756 bits per heavy atom. The highest BCUT2D eigenvalue weighted by Crippen LogP contribution is 2.50. The monoisotopic (exact) mass is 1900 g/mol. The minimum Gasteiger partial charge on any atom is -0.495 e. The van der Waals surface area contributed by atoms with Crippen molar-refractivity contribution in [2.75, 3.05) is 145 Å². The second-order valence-electron chi connectivity index (χ2n) is 31.6. The number of likely N-dealkylation sites (tertiary alicyclic amines) is 2. The number of nitro groups is 2. The van der Waals surface area contributed by atoms with Crippen molar-refractivity contribution in [3.63, 3.8) is 0 Å². The van der Waals surface area contributed by atoms with E-state index in [1.165, 1.54) is 71.6 Å². The number of amides is 2. The van der Waals surface area contributed by atoms with Crippen molar-refractivity contribution in [3.05, 3.63) is 232 Å². The van der Waals surface area contributed by atoms with Crippen LogP contribution >= 0.6 is 69.6 Å². The van der Waals surface area contributed by atoms with Crippen LogP contribution in [0.4, 0.5) is 52.0 Å². The summed E-state index contributed by atoms with van der Waals surface area (Å²) in [6.45, 7) is 11.0. The normalized spacial score (nSPS) is 13.4. The molecule has 0 atom stereocenters. The minimum atomic E-state index is -0.492. The average Bonchev–Trinajstić information content (AvgIpc) is 0.726. The number of nitro benzene ring substituents is 2. The molecule has 0 unspecified atom stereocenters. The molecule has 3 aliphatic rings. The van der Waals surface area contributed by atoms with E-state index in [2.05, 4.69) is 46.2 Å². The number of anilines is 7. The Morgan fingerprint density at radius 1 is 0.466 bits per heavy atom. The third kappa shape index (κ3) is 20.6. The Hall–Kier alpha value is -13.0. The van der Waals surface area contributed by atoms with Gasteiger partial charge in [0, 0.05) is 184 Å². The number of hydrogen-bond donors (Lipinski definition) is 5. The molecule has 0 radical (unpaired) electrons. The Kier molecular flexibility index (Phi) is 30.2. The van der Waals surface area contributed by atoms with Crippen LogP contribution in [0.3, 0.4) is 0 Å². The van der Waals surface area contributed by atoms with Crippen molar-refractivity contribution in [2.45, 2.75) is 40.4 Å². The number of carbonyl (C=O) groups excluding carboxylic acids is 2. The summed E-state index contributed by atoms with van der Waals surface area (Å²) < 4.78 is 37.2. The first-order chi connectivity index (χ1) is 62.7. The van der Waals surface area contributed by atoms with E-state index in [0.29, 0.717) is 125 Å². The molecular formula is C90H92Cl6N20O15. The van der Waals surface area contributed by atoms with Crippen molar-refractivity contribution >= 4 is 166 Å². The van der Waals surface area contributed by atoms with E-state index >= 15 is 0 Å². The minimum absolute atomic E-state index is 0.0107. The molecular weight excluding hydrogens is 1810 g/mol. The molecule has 6 aromatic heterocycles. The number of methoxy groups -OCH3 is 6. The van der Waals surface area contributed by atoms with Crippen molar-refractivity contribution in [1.29, 1.82) is 0 Å². The number of rotatable bonds is 29. The molecule has 3 fully saturated rings. The number of para-hydroxylation sites is 3. The molecule has 0 bridgehead atoms. The SMILES string of the molecule is COc1cc(OC)c(Cl)c(-c2cc3cnc(Nc4c(C)cccc4N)nc3n(CC3CN(C(=O)/C=C/CN(C)C)C3)c2=O)c1Cl.COc1cc(OC)c(Cl)c(-c2cc3cnc(Nc4c(C)cccc4[N+](=O)[O-])nc3n(CC3CN(C(=O)/C=C/CN(C)C)C3)c2=O)c1Cl.COc1cc(OC)c(Cl)c(-c2cc3cnc(Nc4c(C)cccc4[N+](=O)[O-])nc3n(CC3CNC3)c2=O)c1Cl. The zero-order valence-electron chi connectivity index (χ0n) is 73.4. The molecule has 0 aliphatic carbocycles. The van der Waals surface area contributed by atoms with Crippen LogP contribution in [0.5, 0.6) is 34.5 Å². The van der Waals surface area contributed by atoms with E-state index < -0.39 is 15.4 Å². The summed E-state index contributed by atoms with van der Waals surface area (Å²) in [6, 6.07) is 24.6. The molecule has 131 heavy (non-hydrogen) atoms. The molecule has 0 spiro atoms. The number of nitrogens with zero attached hydrogens (tertiary/aromatic N) is 15. The van der Waals surface area contributed by atoms with Gasteiger partial charge in [-0.3, -0.25) is 57.9 Å². The zero-order chi connectivity index (χ0) is 94.2. The first kappa shape index (κ1) is 95.6. The number of halogens is 6. The molecule has 9 heterocycles. The number of carbonyl (C=O) groups is 2. The number of benzene rings is 6. The van der Waals surface area contributed by atoms with Crippen LogP contribution in [0, 0.1) is 58.8 Å². The molecule has 684 valence electrons. The number of nitrogens with two attached hydrogens (primary N) is 1. The summed E-state index contributed by atoms with van der Waals surface area (Å²) in [5.41, 5.74) is 11.2. The number of likely N-dealkylation sites (N-methyl/N-ethyl adjacent to an activating group) is 2. The third-order valence-corrected chi connectivity index (χ3v) is 24.4. The third-order valence-electron chi connectivity index (χ3n) is 22.1. The van der Waals surface area contributed by atoms with Gasteiger partial charge in [0.05, 0.1) is 111 Å². The van der Waals surface area contributed by atoms with Crippen LogP contribution in [-0.4, -0.2) is 208 Å². The van der Waals surface area contributed by atoms with E-state index in [9.17, 15) is 44.2 Å². The van der Waals surface area contributed by atoms with E-state index in [1.54, 1.807) is 124 Å². The highest BCUT2D eigenvalue weighted by molar-refractivity contribution is 6.43.